The van der Waals surface area contributed by atoms with Gasteiger partial charge in [-0.05, 0) is 31.1 Å². The van der Waals surface area contributed by atoms with Gasteiger partial charge in [-0.1, -0.05) is 33.6 Å². The highest BCUT2D eigenvalue weighted by Gasteiger charge is 2.24. The molecule has 130 valence electrons. The number of aryl methyl sites for hydroxylation is 1. The molecule has 7 heteroatoms. The molecule has 1 heterocycles. The monoisotopic (exact) mass is 358 g/mol. The zero-order valence-corrected chi connectivity index (χ0v) is 15.7. The summed E-state index contributed by atoms with van der Waals surface area (Å²) >= 11 is 1.50. The van der Waals surface area contributed by atoms with Crippen molar-refractivity contribution in [2.75, 3.05) is 16.8 Å². The fourth-order valence-electron chi connectivity index (χ4n) is 3.07. The maximum Gasteiger partial charge on any atom is 0.241 e. The van der Waals surface area contributed by atoms with Gasteiger partial charge >= 0.3 is 0 Å². The Morgan fingerprint density at radius 3 is 2.83 bits per heavy atom. The summed E-state index contributed by atoms with van der Waals surface area (Å²) in [7, 11) is -3.35. The van der Waals surface area contributed by atoms with Gasteiger partial charge in [0.2, 0.25) is 5.91 Å². The van der Waals surface area contributed by atoms with Gasteiger partial charge in [0.25, 0.3) is 0 Å². The van der Waals surface area contributed by atoms with Crippen molar-refractivity contribution in [1.82, 2.24) is 4.98 Å². The summed E-state index contributed by atoms with van der Waals surface area (Å²) in [6.07, 6.45) is 5.56. The number of hydrogen-bond donors (Lipinski definition) is 1. The lowest BCUT2D eigenvalue weighted by atomic mass is 9.88. The third-order valence-electron chi connectivity index (χ3n) is 3.92. The number of amides is 1. The van der Waals surface area contributed by atoms with E-state index in [1.807, 2.05) is 13.8 Å². The van der Waals surface area contributed by atoms with Crippen molar-refractivity contribution in [3.8, 4) is 0 Å². The normalized spacial score (nSPS) is 18.0. The maximum absolute atomic E-state index is 12.0. The number of thiazole rings is 1. The lowest BCUT2D eigenvalue weighted by Crippen LogP contribution is -2.26. The van der Waals surface area contributed by atoms with E-state index in [1.165, 1.54) is 29.1 Å². The van der Waals surface area contributed by atoms with Gasteiger partial charge in [-0.25, -0.2) is 13.4 Å². The van der Waals surface area contributed by atoms with Crippen molar-refractivity contribution in [3.63, 3.8) is 0 Å². The van der Waals surface area contributed by atoms with Gasteiger partial charge < -0.3 is 5.32 Å². The topological polar surface area (TPSA) is 76.1 Å². The summed E-state index contributed by atoms with van der Waals surface area (Å²) < 4.78 is 23.7. The second-order valence-corrected chi connectivity index (χ2v) is 9.98. The summed E-state index contributed by atoms with van der Waals surface area (Å²) in [4.78, 5) is 17.7. The molecule has 0 aliphatic heterocycles. The SMILES string of the molecule is CCCC1CCc2nc(NC(=O)CS(=O)(=O)CC(C)C)sc2C1. The number of carbonyl (C=O) groups is 1. The fraction of sp³-hybridized carbons (Fsp3) is 0.750. The number of hydrogen-bond acceptors (Lipinski definition) is 5. The average Bonchev–Trinajstić information content (AvgIpc) is 2.77. The summed E-state index contributed by atoms with van der Waals surface area (Å²) in [5.74, 6) is -0.179. The quantitative estimate of drug-likeness (QED) is 0.813. The largest absolute Gasteiger partial charge is 0.301 e. The van der Waals surface area contributed by atoms with E-state index in [2.05, 4.69) is 17.2 Å². The Morgan fingerprint density at radius 1 is 1.43 bits per heavy atom. The van der Waals surface area contributed by atoms with E-state index < -0.39 is 21.5 Å². The molecular weight excluding hydrogens is 332 g/mol. The molecule has 1 unspecified atom stereocenters. The average molecular weight is 359 g/mol. The Balaban J connectivity index is 1.95. The van der Waals surface area contributed by atoms with Crippen molar-refractivity contribution in [3.05, 3.63) is 10.6 Å². The van der Waals surface area contributed by atoms with E-state index in [0.29, 0.717) is 11.0 Å². The first-order valence-corrected chi connectivity index (χ1v) is 10.9. The minimum absolute atomic E-state index is 0.0236. The molecular formula is C16H26N2O3S2. The summed E-state index contributed by atoms with van der Waals surface area (Å²) in [5, 5.41) is 3.20. The Kier molecular flexibility index (Phi) is 6.19. The van der Waals surface area contributed by atoms with Crippen LogP contribution in [0, 0.1) is 11.8 Å². The van der Waals surface area contributed by atoms with E-state index in [9.17, 15) is 13.2 Å². The van der Waals surface area contributed by atoms with Crippen molar-refractivity contribution >= 4 is 32.2 Å². The molecule has 0 fully saturated rings. The third-order valence-corrected chi connectivity index (χ3v) is 6.84. The number of carbonyl (C=O) groups excluding carboxylic acids is 1. The van der Waals surface area contributed by atoms with Gasteiger partial charge in [-0.2, -0.15) is 0 Å². The number of aromatic nitrogens is 1. The Labute approximate surface area is 142 Å². The molecule has 2 rings (SSSR count). The fourth-order valence-corrected chi connectivity index (χ4v) is 5.82. The molecule has 0 aromatic carbocycles. The van der Waals surface area contributed by atoms with E-state index in [0.717, 1.165) is 25.0 Å². The van der Waals surface area contributed by atoms with Crippen molar-refractivity contribution in [2.24, 2.45) is 11.8 Å². The smallest absolute Gasteiger partial charge is 0.241 e. The first-order valence-electron chi connectivity index (χ1n) is 8.28. The van der Waals surface area contributed by atoms with Crippen molar-refractivity contribution in [1.29, 1.82) is 0 Å². The van der Waals surface area contributed by atoms with Crippen molar-refractivity contribution < 1.29 is 13.2 Å². The van der Waals surface area contributed by atoms with Crippen LogP contribution < -0.4 is 5.32 Å². The van der Waals surface area contributed by atoms with Crippen LogP contribution >= 0.6 is 11.3 Å². The summed E-state index contributed by atoms with van der Waals surface area (Å²) in [6.45, 7) is 5.86. The molecule has 0 bridgehead atoms. The van der Waals surface area contributed by atoms with Crippen LogP contribution in [0.2, 0.25) is 0 Å². The Hall–Kier alpha value is -0.950. The zero-order chi connectivity index (χ0) is 17.0. The molecule has 0 radical (unpaired) electrons. The van der Waals surface area contributed by atoms with Gasteiger partial charge in [0.1, 0.15) is 5.75 Å². The van der Waals surface area contributed by atoms with E-state index in [4.69, 9.17) is 0 Å². The van der Waals surface area contributed by atoms with Crippen LogP contribution in [0.25, 0.3) is 0 Å². The lowest BCUT2D eigenvalue weighted by molar-refractivity contribution is -0.113. The number of nitrogens with one attached hydrogen (secondary N) is 1. The Bertz CT molecular complexity index is 650. The molecule has 1 N–H and O–H groups in total. The van der Waals surface area contributed by atoms with Crippen LogP contribution in [-0.2, 0) is 27.5 Å². The second kappa shape index (κ2) is 7.75. The van der Waals surface area contributed by atoms with E-state index in [-0.39, 0.29) is 11.7 Å². The number of sulfone groups is 1. The zero-order valence-electron chi connectivity index (χ0n) is 14.1. The lowest BCUT2D eigenvalue weighted by Gasteiger charge is -2.19. The number of nitrogens with zero attached hydrogens (tertiary/aromatic N) is 1. The first kappa shape index (κ1) is 18.4. The summed E-state index contributed by atoms with van der Waals surface area (Å²) in [6, 6.07) is 0. The molecule has 1 atom stereocenters. The first-order chi connectivity index (χ1) is 10.8. The molecule has 1 aromatic rings. The van der Waals surface area contributed by atoms with Crippen molar-refractivity contribution in [2.45, 2.75) is 52.9 Å². The third kappa shape index (κ3) is 5.57. The van der Waals surface area contributed by atoms with Gasteiger partial charge in [-0.15, -0.1) is 11.3 Å². The van der Waals surface area contributed by atoms with E-state index in [1.54, 1.807) is 0 Å². The molecule has 1 amide bonds. The molecule has 0 spiro atoms. The van der Waals surface area contributed by atoms with Crippen LogP contribution in [0.5, 0.6) is 0 Å². The molecule has 5 nitrogen and oxygen atoms in total. The molecule has 1 aliphatic carbocycles. The van der Waals surface area contributed by atoms with Crippen LogP contribution in [-0.4, -0.2) is 30.8 Å². The van der Waals surface area contributed by atoms with Gasteiger partial charge in [0.05, 0.1) is 11.4 Å². The number of fused-ring (bicyclic) bond motifs is 1. The van der Waals surface area contributed by atoms with Gasteiger partial charge in [-0.3, -0.25) is 4.79 Å². The van der Waals surface area contributed by atoms with E-state index >= 15 is 0 Å². The predicted molar refractivity (Wildman–Crippen MR) is 94.7 cm³/mol. The van der Waals surface area contributed by atoms with Gasteiger partial charge in [0.15, 0.2) is 15.0 Å². The molecule has 0 saturated carbocycles. The Morgan fingerprint density at radius 2 is 2.17 bits per heavy atom. The highest BCUT2D eigenvalue weighted by Crippen LogP contribution is 2.34. The van der Waals surface area contributed by atoms with Crippen LogP contribution in [0.3, 0.4) is 0 Å². The van der Waals surface area contributed by atoms with Crippen LogP contribution in [0.4, 0.5) is 5.13 Å². The highest BCUT2D eigenvalue weighted by molar-refractivity contribution is 7.92. The molecule has 1 aromatic heterocycles. The molecule has 0 saturated heterocycles. The summed E-state index contributed by atoms with van der Waals surface area (Å²) in [5.41, 5.74) is 1.07. The van der Waals surface area contributed by atoms with Crippen LogP contribution in [0.1, 0.15) is 50.6 Å². The minimum Gasteiger partial charge on any atom is -0.301 e. The van der Waals surface area contributed by atoms with Crippen LogP contribution in [0.15, 0.2) is 0 Å². The second-order valence-electron chi connectivity index (χ2n) is 6.78. The minimum atomic E-state index is -3.35. The number of rotatable bonds is 7. The maximum atomic E-state index is 12.0. The predicted octanol–water partition coefficient (Wildman–Crippen LogP) is 3.06. The van der Waals surface area contributed by atoms with Gasteiger partial charge in [0, 0.05) is 4.88 Å². The molecule has 23 heavy (non-hydrogen) atoms. The highest BCUT2D eigenvalue weighted by atomic mass is 32.2. The standard InChI is InChI=1S/C16H26N2O3S2/c1-4-5-12-6-7-13-14(8-12)22-16(17-13)18-15(19)10-23(20,21)9-11(2)3/h11-12H,4-10H2,1-3H3,(H,17,18,19). The molecule has 1 aliphatic rings. The number of anilines is 1.